The van der Waals surface area contributed by atoms with E-state index in [-0.39, 0.29) is 17.9 Å². The second-order valence-electron chi connectivity index (χ2n) is 7.84. The molecule has 0 atom stereocenters. The van der Waals surface area contributed by atoms with E-state index < -0.39 is 15.6 Å². The number of ether oxygens (including phenoxy) is 1. The van der Waals surface area contributed by atoms with Crippen molar-refractivity contribution in [2.24, 2.45) is 5.92 Å². The molecule has 1 heterocycles. The maximum absolute atomic E-state index is 12.8. The van der Waals surface area contributed by atoms with Gasteiger partial charge in [-0.05, 0) is 70.2 Å². The van der Waals surface area contributed by atoms with Gasteiger partial charge in [-0.2, -0.15) is 4.31 Å². The lowest BCUT2D eigenvalue weighted by molar-refractivity contribution is -0.161. The molecule has 0 saturated heterocycles. The topological polar surface area (TPSA) is 63.7 Å². The maximum atomic E-state index is 12.8. The van der Waals surface area contributed by atoms with Crippen molar-refractivity contribution in [2.75, 3.05) is 0 Å². The van der Waals surface area contributed by atoms with Crippen LogP contribution in [0.3, 0.4) is 0 Å². The Kier molecular flexibility index (Phi) is 5.03. The van der Waals surface area contributed by atoms with E-state index in [0.29, 0.717) is 37.1 Å². The molecular formula is C18H24BrNO4S. The van der Waals surface area contributed by atoms with Crippen LogP contribution in [0.4, 0.5) is 0 Å². The first-order chi connectivity index (χ1) is 11.6. The molecule has 0 spiro atoms. The van der Waals surface area contributed by atoms with Gasteiger partial charge < -0.3 is 4.74 Å². The summed E-state index contributed by atoms with van der Waals surface area (Å²) in [4.78, 5) is 12.6. The minimum absolute atomic E-state index is 0.0464. The van der Waals surface area contributed by atoms with Crippen molar-refractivity contribution >= 4 is 31.9 Å². The van der Waals surface area contributed by atoms with Gasteiger partial charge in [0.1, 0.15) is 5.60 Å². The first kappa shape index (κ1) is 18.9. The number of halogens is 1. The van der Waals surface area contributed by atoms with E-state index in [1.54, 1.807) is 16.4 Å². The molecule has 25 heavy (non-hydrogen) atoms. The van der Waals surface area contributed by atoms with Crippen LogP contribution in [0.1, 0.15) is 52.0 Å². The summed E-state index contributed by atoms with van der Waals surface area (Å²) < 4.78 is 33.6. The molecule has 7 heteroatoms. The van der Waals surface area contributed by atoms with Gasteiger partial charge in [-0.3, -0.25) is 4.79 Å². The minimum atomic E-state index is -3.43. The molecule has 1 aliphatic heterocycles. The molecule has 0 aromatic heterocycles. The molecule has 1 aromatic carbocycles. The van der Waals surface area contributed by atoms with Crippen LogP contribution in [0.2, 0.25) is 0 Å². The van der Waals surface area contributed by atoms with Crippen molar-refractivity contribution < 1.29 is 17.9 Å². The van der Waals surface area contributed by atoms with Gasteiger partial charge >= 0.3 is 5.97 Å². The molecule has 1 saturated carbocycles. The third-order valence-electron chi connectivity index (χ3n) is 4.78. The van der Waals surface area contributed by atoms with Crippen LogP contribution < -0.4 is 0 Å². The average Bonchev–Trinajstić information content (AvgIpc) is 2.76. The summed E-state index contributed by atoms with van der Waals surface area (Å²) in [5, 5.41) is 0. The van der Waals surface area contributed by atoms with E-state index in [9.17, 15) is 13.2 Å². The van der Waals surface area contributed by atoms with Crippen molar-refractivity contribution in [1.29, 1.82) is 0 Å². The summed E-state index contributed by atoms with van der Waals surface area (Å²) >= 11 is 3.40. The molecule has 0 unspecified atom stereocenters. The van der Waals surface area contributed by atoms with E-state index >= 15 is 0 Å². The Morgan fingerprint density at radius 3 is 2.44 bits per heavy atom. The van der Waals surface area contributed by atoms with Crippen LogP contribution in [0.15, 0.2) is 27.6 Å². The Morgan fingerprint density at radius 1 is 1.20 bits per heavy atom. The zero-order valence-corrected chi connectivity index (χ0v) is 17.2. The highest BCUT2D eigenvalue weighted by Crippen LogP contribution is 2.38. The number of carbonyl (C=O) groups excluding carboxylic acids is 1. The zero-order valence-electron chi connectivity index (χ0n) is 14.8. The largest absolute Gasteiger partial charge is 0.460 e. The number of nitrogens with zero attached hydrogens (tertiary/aromatic N) is 1. The second kappa shape index (κ2) is 6.67. The van der Waals surface area contributed by atoms with Gasteiger partial charge in [-0.25, -0.2) is 8.42 Å². The van der Waals surface area contributed by atoms with E-state index in [1.807, 2.05) is 26.8 Å². The lowest BCUT2D eigenvalue weighted by Gasteiger charge is -2.33. The average molecular weight is 430 g/mol. The predicted molar refractivity (Wildman–Crippen MR) is 98.5 cm³/mol. The summed E-state index contributed by atoms with van der Waals surface area (Å²) in [6.45, 7) is 6.01. The van der Waals surface area contributed by atoms with Crippen molar-refractivity contribution in [1.82, 2.24) is 4.31 Å². The van der Waals surface area contributed by atoms with E-state index in [0.717, 1.165) is 10.0 Å². The summed E-state index contributed by atoms with van der Waals surface area (Å²) in [6, 6.07) is 5.26. The molecule has 1 aliphatic carbocycles. The van der Waals surface area contributed by atoms with Crippen LogP contribution in [0.5, 0.6) is 0 Å². The standard InChI is InChI=1S/C18H24BrNO4S/c1-18(2,3)24-17(21)12-4-7-15(8-5-12)20-11-13-10-14(19)6-9-16(13)25(20,22)23/h6,9-10,12,15H,4-5,7-8,11H2,1-3H3/t12-,15+. The SMILES string of the molecule is CC(C)(C)OC(=O)[C@H]1CC[C@@H](N2Cc3cc(Br)ccc3S2(=O)=O)CC1. The number of hydrogen-bond acceptors (Lipinski definition) is 4. The third kappa shape index (κ3) is 3.93. The fourth-order valence-corrected chi connectivity index (χ4v) is 5.88. The molecule has 2 aliphatic rings. The predicted octanol–water partition coefficient (Wildman–Crippen LogP) is 3.85. The van der Waals surface area contributed by atoms with Crippen LogP contribution in [-0.2, 0) is 26.1 Å². The first-order valence-corrected chi connectivity index (χ1v) is 10.8. The molecule has 1 fully saturated rings. The molecule has 0 radical (unpaired) electrons. The van der Waals surface area contributed by atoms with E-state index in [2.05, 4.69) is 15.9 Å². The highest BCUT2D eigenvalue weighted by atomic mass is 79.9. The number of sulfonamides is 1. The maximum Gasteiger partial charge on any atom is 0.309 e. The Bertz CT molecular complexity index is 777. The van der Waals surface area contributed by atoms with Gasteiger partial charge in [0.25, 0.3) is 0 Å². The summed E-state index contributed by atoms with van der Waals surface area (Å²) in [7, 11) is -3.43. The fourth-order valence-electron chi connectivity index (χ4n) is 3.61. The van der Waals surface area contributed by atoms with Gasteiger partial charge in [-0.15, -0.1) is 0 Å². The molecule has 0 amide bonds. The molecule has 5 nitrogen and oxygen atoms in total. The minimum Gasteiger partial charge on any atom is -0.460 e. The zero-order chi connectivity index (χ0) is 18.4. The fraction of sp³-hybridized carbons (Fsp3) is 0.611. The molecule has 1 aromatic rings. The number of benzene rings is 1. The summed E-state index contributed by atoms with van der Waals surface area (Å²) in [5.74, 6) is -0.292. The molecule has 3 rings (SSSR count). The van der Waals surface area contributed by atoms with Gasteiger partial charge in [0.2, 0.25) is 10.0 Å². The van der Waals surface area contributed by atoms with Gasteiger partial charge in [-0.1, -0.05) is 15.9 Å². The van der Waals surface area contributed by atoms with E-state index in [4.69, 9.17) is 4.74 Å². The lowest BCUT2D eigenvalue weighted by atomic mass is 9.86. The smallest absolute Gasteiger partial charge is 0.309 e. The molecule has 0 N–H and O–H groups in total. The van der Waals surface area contributed by atoms with Crippen molar-refractivity contribution in [3.05, 3.63) is 28.2 Å². The molecular weight excluding hydrogens is 406 g/mol. The molecule has 138 valence electrons. The monoisotopic (exact) mass is 429 g/mol. The Hall–Kier alpha value is -0.920. The number of esters is 1. The van der Waals surface area contributed by atoms with Crippen LogP contribution in [0, 0.1) is 5.92 Å². The van der Waals surface area contributed by atoms with Gasteiger partial charge in [0.05, 0.1) is 10.8 Å². The van der Waals surface area contributed by atoms with Crippen LogP contribution in [0.25, 0.3) is 0 Å². The van der Waals surface area contributed by atoms with Crippen LogP contribution >= 0.6 is 15.9 Å². The summed E-state index contributed by atoms with van der Waals surface area (Å²) in [6.07, 6.45) is 2.73. The number of hydrogen-bond donors (Lipinski definition) is 0. The van der Waals surface area contributed by atoms with Crippen molar-refractivity contribution in [3.8, 4) is 0 Å². The van der Waals surface area contributed by atoms with Crippen molar-refractivity contribution in [3.63, 3.8) is 0 Å². The van der Waals surface area contributed by atoms with Crippen molar-refractivity contribution in [2.45, 2.75) is 69.5 Å². The normalized spacial score (nSPS) is 26.2. The Labute approximate surface area is 157 Å². The van der Waals surface area contributed by atoms with Crippen LogP contribution in [-0.4, -0.2) is 30.3 Å². The molecule has 0 bridgehead atoms. The third-order valence-corrected chi connectivity index (χ3v) is 7.27. The number of fused-ring (bicyclic) bond motifs is 1. The first-order valence-electron chi connectivity index (χ1n) is 8.61. The van der Waals surface area contributed by atoms with Gasteiger partial charge in [0, 0.05) is 17.1 Å². The van der Waals surface area contributed by atoms with Gasteiger partial charge in [0.15, 0.2) is 0 Å². The second-order valence-corrected chi connectivity index (χ2v) is 10.6. The highest BCUT2D eigenvalue weighted by Gasteiger charge is 2.41. The Balaban J connectivity index is 1.67. The van der Waals surface area contributed by atoms with E-state index in [1.165, 1.54) is 0 Å². The summed E-state index contributed by atoms with van der Waals surface area (Å²) in [5.41, 5.74) is 0.352. The lowest BCUT2D eigenvalue weighted by Crippen LogP contribution is -2.40. The quantitative estimate of drug-likeness (QED) is 0.669. The number of rotatable bonds is 2. The Morgan fingerprint density at radius 2 is 1.84 bits per heavy atom. The number of carbonyl (C=O) groups is 1. The highest BCUT2D eigenvalue weighted by molar-refractivity contribution is 9.10.